The molecule has 1 amide bonds. The van der Waals surface area contributed by atoms with Gasteiger partial charge in [-0.2, -0.15) is 0 Å². The van der Waals surface area contributed by atoms with Crippen molar-refractivity contribution in [3.05, 3.63) is 29.1 Å². The van der Waals surface area contributed by atoms with Gasteiger partial charge in [-0.25, -0.2) is 4.98 Å². The summed E-state index contributed by atoms with van der Waals surface area (Å²) in [4.78, 5) is 17.6. The molecule has 0 bridgehead atoms. The molecule has 2 N–H and O–H groups in total. The molecule has 0 saturated heterocycles. The van der Waals surface area contributed by atoms with Gasteiger partial charge in [-0.1, -0.05) is 0 Å². The van der Waals surface area contributed by atoms with Gasteiger partial charge in [0.25, 0.3) is 0 Å². The normalized spacial score (nSPS) is 10.6. The molecule has 1 aromatic heterocycles. The molecule has 5 heteroatoms. The zero-order chi connectivity index (χ0) is 11.7. The van der Waals surface area contributed by atoms with E-state index in [2.05, 4.69) is 15.3 Å². The highest BCUT2D eigenvalue weighted by Crippen LogP contribution is 2.17. The lowest BCUT2D eigenvalue weighted by Gasteiger charge is -2.02. The molecule has 0 spiro atoms. The predicted molar refractivity (Wildman–Crippen MR) is 57.8 cm³/mol. The number of aromatic nitrogens is 2. The number of imidazole rings is 1. The summed E-state index contributed by atoms with van der Waals surface area (Å²) in [7, 11) is 0. The van der Waals surface area contributed by atoms with Crippen LogP contribution >= 0.6 is 0 Å². The Bertz CT molecular complexity index is 506. The van der Waals surface area contributed by atoms with E-state index in [1.165, 1.54) is 11.1 Å². The number of nitrogens with one attached hydrogen (secondary N) is 2. The third-order valence-electron chi connectivity index (χ3n) is 2.55. The number of aryl methyl sites for hydroxylation is 2. The van der Waals surface area contributed by atoms with Gasteiger partial charge in [-0.3, -0.25) is 0 Å². The van der Waals surface area contributed by atoms with Crippen LogP contribution in [-0.2, 0) is 6.54 Å². The molecule has 2 aromatic rings. The number of aromatic amines is 1. The van der Waals surface area contributed by atoms with E-state index in [1.54, 1.807) is 0 Å². The molecule has 1 aromatic carbocycles. The molecule has 0 aliphatic rings. The Hall–Kier alpha value is -2.04. The SMILES string of the molecule is Cc1cc2nc(CNC(=O)[O-])[nH]c2cc1C. The lowest BCUT2D eigenvalue weighted by Crippen LogP contribution is -2.36. The van der Waals surface area contributed by atoms with E-state index in [0.29, 0.717) is 5.82 Å². The number of hydrogen-bond acceptors (Lipinski definition) is 3. The first-order chi connectivity index (χ1) is 7.56. The monoisotopic (exact) mass is 218 g/mol. The molecule has 0 fully saturated rings. The Morgan fingerprint density at radius 1 is 1.44 bits per heavy atom. The summed E-state index contributed by atoms with van der Waals surface area (Å²) in [6.07, 6.45) is -1.30. The van der Waals surface area contributed by atoms with Crippen LogP contribution < -0.4 is 10.4 Å². The topological polar surface area (TPSA) is 80.8 Å². The Morgan fingerprint density at radius 2 is 2.12 bits per heavy atom. The number of H-pyrrole nitrogens is 1. The first-order valence-corrected chi connectivity index (χ1v) is 4.97. The number of benzene rings is 1. The number of hydrogen-bond donors (Lipinski definition) is 2. The summed E-state index contributed by atoms with van der Waals surface area (Å²) in [5, 5.41) is 12.4. The predicted octanol–water partition coefficient (Wildman–Crippen LogP) is 0.613. The minimum atomic E-state index is -1.30. The van der Waals surface area contributed by atoms with Crippen LogP contribution in [0.3, 0.4) is 0 Å². The van der Waals surface area contributed by atoms with Crippen molar-refractivity contribution >= 4 is 17.1 Å². The van der Waals surface area contributed by atoms with Crippen molar-refractivity contribution in [1.29, 1.82) is 0 Å². The largest absolute Gasteiger partial charge is 0.530 e. The third kappa shape index (κ3) is 1.98. The molecule has 84 valence electrons. The van der Waals surface area contributed by atoms with Gasteiger partial charge >= 0.3 is 0 Å². The summed E-state index contributed by atoms with van der Waals surface area (Å²) in [6.45, 7) is 4.17. The molecule has 1 heterocycles. The van der Waals surface area contributed by atoms with Crippen molar-refractivity contribution in [3.8, 4) is 0 Å². The number of nitrogens with zero attached hydrogens (tertiary/aromatic N) is 1. The molecule has 0 atom stereocenters. The third-order valence-corrected chi connectivity index (χ3v) is 2.55. The van der Waals surface area contributed by atoms with Crippen LogP contribution in [0.2, 0.25) is 0 Å². The van der Waals surface area contributed by atoms with Gasteiger partial charge in [-0.15, -0.1) is 0 Å². The van der Waals surface area contributed by atoms with Crippen LogP contribution in [0.4, 0.5) is 4.79 Å². The van der Waals surface area contributed by atoms with E-state index in [1.807, 2.05) is 26.0 Å². The molecular formula is C11H12N3O2-. The molecule has 0 unspecified atom stereocenters. The molecule has 2 rings (SSSR count). The van der Waals surface area contributed by atoms with Crippen LogP contribution in [0.1, 0.15) is 17.0 Å². The number of carbonyl (C=O) groups is 1. The first kappa shape index (κ1) is 10.5. The number of fused-ring (bicyclic) bond motifs is 1. The number of carbonyl (C=O) groups excluding carboxylic acids is 1. The highest BCUT2D eigenvalue weighted by atomic mass is 16.4. The van der Waals surface area contributed by atoms with Crippen molar-refractivity contribution in [3.63, 3.8) is 0 Å². The van der Waals surface area contributed by atoms with Gasteiger partial charge in [0.05, 0.1) is 17.6 Å². The van der Waals surface area contributed by atoms with Gasteiger partial charge in [0.15, 0.2) is 0 Å². The highest BCUT2D eigenvalue weighted by Gasteiger charge is 2.04. The first-order valence-electron chi connectivity index (χ1n) is 4.97. The summed E-state index contributed by atoms with van der Waals surface area (Å²) in [5.41, 5.74) is 4.10. The second kappa shape index (κ2) is 3.84. The summed E-state index contributed by atoms with van der Waals surface area (Å²) in [5.74, 6) is 0.587. The Kier molecular flexibility index (Phi) is 2.52. The second-order valence-corrected chi connectivity index (χ2v) is 3.78. The van der Waals surface area contributed by atoms with Gasteiger partial charge in [0.1, 0.15) is 11.9 Å². The van der Waals surface area contributed by atoms with Crippen LogP contribution in [0.25, 0.3) is 11.0 Å². The highest BCUT2D eigenvalue weighted by molar-refractivity contribution is 5.77. The van der Waals surface area contributed by atoms with Crippen LogP contribution in [0.15, 0.2) is 12.1 Å². The average Bonchev–Trinajstić information content (AvgIpc) is 2.58. The van der Waals surface area contributed by atoms with Crippen molar-refractivity contribution in [2.45, 2.75) is 20.4 Å². The van der Waals surface area contributed by atoms with E-state index < -0.39 is 6.09 Å². The van der Waals surface area contributed by atoms with Gasteiger partial charge < -0.3 is 20.2 Å². The minimum Gasteiger partial charge on any atom is -0.530 e. The molecule has 0 aliphatic heterocycles. The van der Waals surface area contributed by atoms with Gasteiger partial charge in [0, 0.05) is 0 Å². The molecular weight excluding hydrogens is 206 g/mol. The molecule has 0 radical (unpaired) electrons. The maximum absolute atomic E-state index is 10.2. The fourth-order valence-electron chi connectivity index (χ4n) is 1.56. The van der Waals surface area contributed by atoms with Crippen molar-refractivity contribution in [2.75, 3.05) is 0 Å². The number of rotatable bonds is 2. The maximum atomic E-state index is 10.2. The van der Waals surface area contributed by atoms with E-state index in [4.69, 9.17) is 0 Å². The van der Waals surface area contributed by atoms with Gasteiger partial charge in [-0.05, 0) is 37.1 Å². The summed E-state index contributed by atoms with van der Waals surface area (Å²) < 4.78 is 0. The fourth-order valence-corrected chi connectivity index (χ4v) is 1.56. The lowest BCUT2D eigenvalue weighted by atomic mass is 10.1. The van der Waals surface area contributed by atoms with Crippen molar-refractivity contribution in [1.82, 2.24) is 15.3 Å². The van der Waals surface area contributed by atoms with E-state index in [9.17, 15) is 9.90 Å². The Balaban J connectivity index is 2.33. The fraction of sp³-hybridized carbons (Fsp3) is 0.273. The molecule has 5 nitrogen and oxygen atoms in total. The molecule has 0 aliphatic carbocycles. The van der Waals surface area contributed by atoms with Crippen LogP contribution in [-0.4, -0.2) is 16.1 Å². The standard InChI is InChI=1S/C11H13N3O2/c1-6-3-8-9(4-7(6)2)14-10(13-8)5-12-11(15)16/h3-4,12H,5H2,1-2H3,(H,13,14)(H,15,16)/p-1. The number of amides is 1. The Labute approximate surface area is 92.5 Å². The average molecular weight is 218 g/mol. The summed E-state index contributed by atoms with van der Waals surface area (Å²) in [6, 6.07) is 3.98. The number of carboxylic acid groups (broad SMARTS) is 1. The van der Waals surface area contributed by atoms with Crippen molar-refractivity contribution < 1.29 is 9.90 Å². The van der Waals surface area contributed by atoms with Crippen LogP contribution in [0.5, 0.6) is 0 Å². The van der Waals surface area contributed by atoms with Crippen molar-refractivity contribution in [2.24, 2.45) is 0 Å². The van der Waals surface area contributed by atoms with E-state index in [-0.39, 0.29) is 6.54 Å². The maximum Gasteiger partial charge on any atom is 0.134 e. The Morgan fingerprint density at radius 3 is 2.81 bits per heavy atom. The van der Waals surface area contributed by atoms with Crippen LogP contribution in [0, 0.1) is 13.8 Å². The lowest BCUT2D eigenvalue weighted by molar-refractivity contribution is -0.251. The zero-order valence-corrected chi connectivity index (χ0v) is 9.13. The molecule has 16 heavy (non-hydrogen) atoms. The summed E-state index contributed by atoms with van der Waals surface area (Å²) >= 11 is 0. The smallest absolute Gasteiger partial charge is 0.134 e. The molecule has 0 saturated carbocycles. The van der Waals surface area contributed by atoms with Gasteiger partial charge in [0.2, 0.25) is 0 Å². The second-order valence-electron chi connectivity index (χ2n) is 3.78. The van der Waals surface area contributed by atoms with E-state index in [0.717, 1.165) is 11.0 Å². The minimum absolute atomic E-state index is 0.134. The zero-order valence-electron chi connectivity index (χ0n) is 9.13. The quantitative estimate of drug-likeness (QED) is 0.775. The van der Waals surface area contributed by atoms with E-state index >= 15 is 0 Å².